The van der Waals surface area contributed by atoms with Gasteiger partial charge in [-0.25, -0.2) is 0 Å². The van der Waals surface area contributed by atoms with Gasteiger partial charge in [-0.1, -0.05) is 11.6 Å². The van der Waals surface area contributed by atoms with Crippen molar-refractivity contribution in [3.63, 3.8) is 0 Å². The van der Waals surface area contributed by atoms with Crippen molar-refractivity contribution in [2.75, 3.05) is 14.2 Å². The van der Waals surface area contributed by atoms with E-state index in [9.17, 15) is 0 Å². The minimum Gasteiger partial charge on any atom is -0.495 e. The molecule has 20 heavy (non-hydrogen) atoms. The minimum atomic E-state index is 0.301. The molecule has 1 heterocycles. The maximum Gasteiger partial charge on any atom is 0.229 e. The molecule has 7 heteroatoms. The van der Waals surface area contributed by atoms with Crippen molar-refractivity contribution in [1.29, 1.82) is 0 Å². The summed E-state index contributed by atoms with van der Waals surface area (Å²) in [6, 6.07) is 3.48. The van der Waals surface area contributed by atoms with E-state index in [0.717, 1.165) is 24.4 Å². The first-order valence-corrected chi connectivity index (χ1v) is 6.94. The normalized spacial score (nSPS) is 14.4. The van der Waals surface area contributed by atoms with Gasteiger partial charge in [0.05, 0.1) is 24.9 Å². The fourth-order valence-corrected chi connectivity index (χ4v) is 2.57. The standard InChI is InChI=1S/C13H13Cl2N3O2/c1-19-10-6-9(11(20-2)5-8(10)14)18-12(7-3-4-7)16-17-13(18)15/h5-7H,3-4H2,1-2H3. The Labute approximate surface area is 126 Å². The molecule has 0 N–H and O–H groups in total. The highest BCUT2D eigenvalue weighted by Gasteiger charge is 2.31. The molecule has 3 rings (SSSR count). The van der Waals surface area contributed by atoms with Crippen molar-refractivity contribution in [1.82, 2.24) is 14.8 Å². The van der Waals surface area contributed by atoms with Crippen molar-refractivity contribution in [2.45, 2.75) is 18.8 Å². The lowest BCUT2D eigenvalue weighted by atomic mass is 10.2. The predicted octanol–water partition coefficient (Wildman–Crippen LogP) is 3.47. The van der Waals surface area contributed by atoms with Gasteiger partial charge in [0.25, 0.3) is 0 Å². The van der Waals surface area contributed by atoms with Crippen LogP contribution in [-0.4, -0.2) is 29.0 Å². The van der Waals surface area contributed by atoms with Crippen molar-refractivity contribution < 1.29 is 9.47 Å². The second-order valence-electron chi connectivity index (χ2n) is 4.60. The number of hydrogen-bond donors (Lipinski definition) is 0. The third-order valence-electron chi connectivity index (χ3n) is 3.29. The molecule has 0 aliphatic heterocycles. The number of halogens is 2. The van der Waals surface area contributed by atoms with Gasteiger partial charge in [-0.05, 0) is 24.4 Å². The SMILES string of the molecule is COc1cc(-n2c(Cl)nnc2C2CC2)c(OC)cc1Cl. The maximum atomic E-state index is 6.18. The number of nitrogens with zero attached hydrogens (tertiary/aromatic N) is 3. The summed E-state index contributed by atoms with van der Waals surface area (Å²) in [6.07, 6.45) is 2.20. The fourth-order valence-electron chi connectivity index (χ4n) is 2.12. The Hall–Kier alpha value is -1.46. The van der Waals surface area contributed by atoms with Crippen molar-refractivity contribution >= 4 is 23.2 Å². The van der Waals surface area contributed by atoms with Crippen LogP contribution in [-0.2, 0) is 0 Å². The summed E-state index contributed by atoms with van der Waals surface area (Å²) < 4.78 is 12.4. The summed E-state index contributed by atoms with van der Waals surface area (Å²) in [6.45, 7) is 0. The number of hydrogen-bond acceptors (Lipinski definition) is 4. The molecule has 106 valence electrons. The van der Waals surface area contributed by atoms with E-state index >= 15 is 0 Å². The molecule has 1 fully saturated rings. The van der Waals surface area contributed by atoms with Crippen LogP contribution in [0.4, 0.5) is 0 Å². The van der Waals surface area contributed by atoms with Gasteiger partial charge in [-0.2, -0.15) is 0 Å². The lowest BCUT2D eigenvalue weighted by Gasteiger charge is -2.14. The molecule has 0 bridgehead atoms. The van der Waals surface area contributed by atoms with Crippen LogP contribution in [0.1, 0.15) is 24.6 Å². The highest BCUT2D eigenvalue weighted by molar-refractivity contribution is 6.32. The van der Waals surface area contributed by atoms with Crippen molar-refractivity contribution in [3.05, 3.63) is 28.3 Å². The van der Waals surface area contributed by atoms with Crippen molar-refractivity contribution in [3.8, 4) is 17.2 Å². The third kappa shape index (κ3) is 2.21. The van der Waals surface area contributed by atoms with Gasteiger partial charge >= 0.3 is 0 Å². The summed E-state index contributed by atoms with van der Waals surface area (Å²) in [4.78, 5) is 0. The van der Waals surface area contributed by atoms with Crippen LogP contribution in [0.2, 0.25) is 10.3 Å². The van der Waals surface area contributed by atoms with Crippen LogP contribution in [0.15, 0.2) is 12.1 Å². The lowest BCUT2D eigenvalue weighted by Crippen LogP contribution is -2.03. The van der Waals surface area contributed by atoms with Crippen LogP contribution in [0.25, 0.3) is 5.69 Å². The highest BCUT2D eigenvalue weighted by Crippen LogP contribution is 2.43. The average Bonchev–Trinajstić information content (AvgIpc) is 3.22. The van der Waals surface area contributed by atoms with Crippen LogP contribution >= 0.6 is 23.2 Å². The quantitative estimate of drug-likeness (QED) is 0.867. The summed E-state index contributed by atoms with van der Waals surface area (Å²) >= 11 is 12.3. The Bertz CT molecular complexity index is 653. The molecule has 1 saturated carbocycles. The molecule has 0 spiro atoms. The van der Waals surface area contributed by atoms with Crippen LogP contribution < -0.4 is 9.47 Å². The monoisotopic (exact) mass is 313 g/mol. The fraction of sp³-hybridized carbons (Fsp3) is 0.385. The van der Waals surface area contributed by atoms with Gasteiger partial charge in [0, 0.05) is 18.1 Å². The lowest BCUT2D eigenvalue weighted by molar-refractivity contribution is 0.401. The first-order chi connectivity index (χ1) is 9.65. The molecular formula is C13H13Cl2N3O2. The van der Waals surface area contributed by atoms with Gasteiger partial charge in [-0.3, -0.25) is 4.57 Å². The number of ether oxygens (including phenoxy) is 2. The van der Waals surface area contributed by atoms with E-state index in [1.165, 1.54) is 0 Å². The molecule has 0 atom stereocenters. The molecule has 1 aliphatic carbocycles. The maximum absolute atomic E-state index is 6.18. The van der Waals surface area contributed by atoms with Crippen LogP contribution in [0.5, 0.6) is 11.5 Å². The number of methoxy groups -OCH3 is 2. The second-order valence-corrected chi connectivity index (χ2v) is 5.34. The van der Waals surface area contributed by atoms with E-state index in [-0.39, 0.29) is 0 Å². The van der Waals surface area contributed by atoms with Gasteiger partial charge in [-0.15, -0.1) is 10.2 Å². The molecule has 0 unspecified atom stereocenters. The average molecular weight is 314 g/mol. The number of rotatable bonds is 4. The summed E-state index contributed by atoms with van der Waals surface area (Å²) in [5.41, 5.74) is 0.727. The smallest absolute Gasteiger partial charge is 0.229 e. The largest absolute Gasteiger partial charge is 0.495 e. The summed E-state index contributed by atoms with van der Waals surface area (Å²) in [5.74, 6) is 2.40. The van der Waals surface area contributed by atoms with E-state index in [0.29, 0.717) is 27.7 Å². The Morgan fingerprint density at radius 3 is 2.40 bits per heavy atom. The first kappa shape index (κ1) is 13.5. The van der Waals surface area contributed by atoms with Crippen molar-refractivity contribution in [2.24, 2.45) is 0 Å². The van der Waals surface area contributed by atoms with Gasteiger partial charge in [0.1, 0.15) is 17.3 Å². The molecule has 1 aliphatic rings. The third-order valence-corrected chi connectivity index (χ3v) is 3.83. The topological polar surface area (TPSA) is 49.2 Å². The zero-order chi connectivity index (χ0) is 14.3. The number of aromatic nitrogens is 3. The predicted molar refractivity (Wildman–Crippen MR) is 76.5 cm³/mol. The Balaban J connectivity index is 2.20. The van der Waals surface area contributed by atoms with Gasteiger partial charge < -0.3 is 9.47 Å². The molecular weight excluding hydrogens is 301 g/mol. The Morgan fingerprint density at radius 2 is 1.80 bits per heavy atom. The van der Waals surface area contributed by atoms with E-state index < -0.39 is 0 Å². The zero-order valence-corrected chi connectivity index (χ0v) is 12.6. The molecule has 0 radical (unpaired) electrons. The summed E-state index contributed by atoms with van der Waals surface area (Å²) in [5, 5.41) is 8.89. The van der Waals surface area contributed by atoms with E-state index in [1.807, 2.05) is 0 Å². The molecule has 0 amide bonds. The van der Waals surface area contributed by atoms with Crippen LogP contribution in [0.3, 0.4) is 0 Å². The molecule has 1 aromatic heterocycles. The molecule has 2 aromatic rings. The molecule has 0 saturated heterocycles. The molecule has 1 aromatic carbocycles. The summed E-state index contributed by atoms with van der Waals surface area (Å²) in [7, 11) is 3.14. The van der Waals surface area contributed by atoms with Gasteiger partial charge in [0.15, 0.2) is 0 Å². The first-order valence-electron chi connectivity index (χ1n) is 6.18. The zero-order valence-electron chi connectivity index (χ0n) is 11.1. The Kier molecular flexibility index (Phi) is 3.48. The highest BCUT2D eigenvalue weighted by atomic mass is 35.5. The van der Waals surface area contributed by atoms with Crippen LogP contribution in [0, 0.1) is 0 Å². The molecule has 5 nitrogen and oxygen atoms in total. The van der Waals surface area contributed by atoms with E-state index in [1.54, 1.807) is 30.9 Å². The van der Waals surface area contributed by atoms with Gasteiger partial charge in [0.2, 0.25) is 5.28 Å². The Morgan fingerprint density at radius 1 is 1.10 bits per heavy atom. The minimum absolute atomic E-state index is 0.301. The second kappa shape index (κ2) is 5.14. The van der Waals surface area contributed by atoms with E-state index in [2.05, 4.69) is 10.2 Å². The van der Waals surface area contributed by atoms with E-state index in [4.69, 9.17) is 32.7 Å². The number of benzene rings is 1.